The van der Waals surface area contributed by atoms with Crippen LogP contribution in [0.4, 0.5) is 8.78 Å². The van der Waals surface area contributed by atoms with E-state index in [0.29, 0.717) is 22.0 Å². The number of carbonyl (C=O) groups is 1. The molecule has 1 aliphatic heterocycles. The molecule has 3 heterocycles. The second-order valence-corrected chi connectivity index (χ2v) is 8.97. The molecule has 0 spiro atoms. The second kappa shape index (κ2) is 7.97. The lowest BCUT2D eigenvalue weighted by Gasteiger charge is -2.35. The fourth-order valence-electron chi connectivity index (χ4n) is 4.51. The number of pyridine rings is 1. The number of ketones is 1. The SMILES string of the molecule is O=C(CCC1(O)CCC(F)(F)CC1)c1cc(CC2CCOC2)n2cccc(Cl)c12. The Morgan fingerprint density at radius 2 is 2.07 bits per heavy atom. The number of hydrogen-bond acceptors (Lipinski definition) is 3. The van der Waals surface area contributed by atoms with E-state index in [1.54, 1.807) is 6.07 Å². The van der Waals surface area contributed by atoms with E-state index in [1.807, 2.05) is 22.7 Å². The predicted molar refractivity (Wildman–Crippen MR) is 107 cm³/mol. The highest BCUT2D eigenvalue weighted by Gasteiger charge is 2.42. The quantitative estimate of drug-likeness (QED) is 0.657. The molecular formula is C22H26ClF2NO3. The topological polar surface area (TPSA) is 50.9 Å². The molecule has 29 heavy (non-hydrogen) atoms. The van der Waals surface area contributed by atoms with Crippen molar-refractivity contribution in [3.8, 4) is 0 Å². The van der Waals surface area contributed by atoms with Crippen LogP contribution in [0.2, 0.25) is 5.02 Å². The van der Waals surface area contributed by atoms with Gasteiger partial charge < -0.3 is 14.2 Å². The third-order valence-electron chi connectivity index (χ3n) is 6.37. The molecule has 0 bridgehead atoms. The number of Topliss-reactive ketones (excluding diaryl/α,β-unsaturated/α-hetero) is 1. The molecule has 1 atom stereocenters. The molecule has 4 rings (SSSR count). The van der Waals surface area contributed by atoms with Crippen molar-refractivity contribution in [1.29, 1.82) is 0 Å². The third-order valence-corrected chi connectivity index (χ3v) is 6.68. The highest BCUT2D eigenvalue weighted by molar-refractivity contribution is 6.35. The first-order chi connectivity index (χ1) is 13.8. The van der Waals surface area contributed by atoms with Crippen molar-refractivity contribution < 1.29 is 23.4 Å². The van der Waals surface area contributed by atoms with Crippen molar-refractivity contribution in [2.24, 2.45) is 5.92 Å². The van der Waals surface area contributed by atoms with Crippen molar-refractivity contribution in [3.05, 3.63) is 40.7 Å². The molecule has 1 N–H and O–H groups in total. The maximum absolute atomic E-state index is 13.4. The molecule has 1 saturated heterocycles. The van der Waals surface area contributed by atoms with E-state index < -0.39 is 11.5 Å². The summed E-state index contributed by atoms with van der Waals surface area (Å²) in [6, 6.07) is 5.50. The third kappa shape index (κ3) is 4.49. The molecule has 2 aromatic rings. The molecule has 0 radical (unpaired) electrons. The molecule has 4 nitrogen and oxygen atoms in total. The Kier molecular flexibility index (Phi) is 5.70. The van der Waals surface area contributed by atoms with Gasteiger partial charge in [-0.2, -0.15) is 0 Å². The number of aromatic nitrogens is 1. The predicted octanol–water partition coefficient (Wildman–Crippen LogP) is 5.08. The van der Waals surface area contributed by atoms with E-state index in [9.17, 15) is 18.7 Å². The van der Waals surface area contributed by atoms with Crippen LogP contribution >= 0.6 is 11.6 Å². The van der Waals surface area contributed by atoms with Gasteiger partial charge in [0.15, 0.2) is 5.78 Å². The molecule has 1 aliphatic carbocycles. The number of nitrogens with zero attached hydrogens (tertiary/aromatic N) is 1. The van der Waals surface area contributed by atoms with Gasteiger partial charge in [-0.15, -0.1) is 0 Å². The lowest BCUT2D eigenvalue weighted by atomic mass is 9.79. The Morgan fingerprint density at radius 1 is 1.31 bits per heavy atom. The van der Waals surface area contributed by atoms with Crippen LogP contribution < -0.4 is 0 Å². The average Bonchev–Trinajstić information content (AvgIpc) is 3.32. The van der Waals surface area contributed by atoms with E-state index in [0.717, 1.165) is 31.7 Å². The summed E-state index contributed by atoms with van der Waals surface area (Å²) in [6.45, 7) is 1.48. The number of carbonyl (C=O) groups excluding carboxylic acids is 1. The van der Waals surface area contributed by atoms with E-state index in [2.05, 4.69) is 0 Å². The summed E-state index contributed by atoms with van der Waals surface area (Å²) in [5.41, 5.74) is 1.03. The second-order valence-electron chi connectivity index (χ2n) is 8.56. The maximum atomic E-state index is 13.4. The molecule has 2 aliphatic rings. The zero-order valence-electron chi connectivity index (χ0n) is 16.3. The van der Waals surface area contributed by atoms with Crippen LogP contribution in [0.3, 0.4) is 0 Å². The number of halogens is 3. The fourth-order valence-corrected chi connectivity index (χ4v) is 4.77. The lowest BCUT2D eigenvalue weighted by Crippen LogP contribution is -2.38. The molecule has 1 unspecified atom stereocenters. The number of ether oxygens (including phenoxy) is 1. The highest BCUT2D eigenvalue weighted by Crippen LogP contribution is 2.41. The van der Waals surface area contributed by atoms with Gasteiger partial charge in [0, 0.05) is 49.9 Å². The molecule has 1 saturated carbocycles. The Bertz CT molecular complexity index is 895. The van der Waals surface area contributed by atoms with Crippen molar-refractivity contribution in [3.63, 3.8) is 0 Å². The monoisotopic (exact) mass is 425 g/mol. The van der Waals surface area contributed by atoms with Crippen molar-refractivity contribution in [2.75, 3.05) is 13.2 Å². The lowest BCUT2D eigenvalue weighted by molar-refractivity contribution is -0.105. The van der Waals surface area contributed by atoms with Gasteiger partial charge in [0.2, 0.25) is 5.92 Å². The standard InChI is InChI=1S/C22H26ClF2NO3/c23-18-2-1-10-26-16(12-15-4-11-29-14-15)13-17(20(18)26)19(27)3-5-21(28)6-8-22(24,25)9-7-21/h1-2,10,13,15,28H,3-9,11-12,14H2. The summed E-state index contributed by atoms with van der Waals surface area (Å²) in [4.78, 5) is 13.0. The van der Waals surface area contributed by atoms with Crippen LogP contribution in [-0.4, -0.2) is 40.0 Å². The summed E-state index contributed by atoms with van der Waals surface area (Å²) >= 11 is 6.41. The largest absolute Gasteiger partial charge is 0.390 e. The van der Waals surface area contributed by atoms with Gasteiger partial charge in [-0.05, 0) is 56.2 Å². The number of alkyl halides is 2. The molecule has 0 amide bonds. The van der Waals surface area contributed by atoms with Crippen LogP contribution in [0.5, 0.6) is 0 Å². The summed E-state index contributed by atoms with van der Waals surface area (Å²) in [5.74, 6) is -2.41. The van der Waals surface area contributed by atoms with Crippen LogP contribution in [0.1, 0.15) is 61.0 Å². The van der Waals surface area contributed by atoms with Crippen LogP contribution in [0.25, 0.3) is 5.52 Å². The molecule has 2 fully saturated rings. The van der Waals surface area contributed by atoms with Gasteiger partial charge in [-0.1, -0.05) is 11.6 Å². The fraction of sp³-hybridized carbons (Fsp3) is 0.591. The Hall–Kier alpha value is -1.50. The Morgan fingerprint density at radius 3 is 2.76 bits per heavy atom. The first kappa shape index (κ1) is 20.8. The smallest absolute Gasteiger partial charge is 0.248 e. The summed E-state index contributed by atoms with van der Waals surface area (Å²) in [5, 5.41) is 11.1. The van der Waals surface area contributed by atoms with Gasteiger partial charge in [0.25, 0.3) is 0 Å². The first-order valence-corrected chi connectivity index (χ1v) is 10.6. The molecular weight excluding hydrogens is 400 g/mol. The normalized spacial score (nSPS) is 23.5. The van der Waals surface area contributed by atoms with Gasteiger partial charge in [-0.25, -0.2) is 8.78 Å². The Balaban J connectivity index is 1.52. The summed E-state index contributed by atoms with van der Waals surface area (Å²) < 4.78 is 34.2. The van der Waals surface area contributed by atoms with Crippen molar-refractivity contribution >= 4 is 22.9 Å². The van der Waals surface area contributed by atoms with E-state index >= 15 is 0 Å². The van der Waals surface area contributed by atoms with Crippen LogP contribution in [0.15, 0.2) is 24.4 Å². The van der Waals surface area contributed by atoms with Gasteiger partial charge in [0.05, 0.1) is 16.1 Å². The zero-order chi connectivity index (χ0) is 20.6. The van der Waals surface area contributed by atoms with Gasteiger partial charge in [-0.3, -0.25) is 4.79 Å². The van der Waals surface area contributed by atoms with Crippen molar-refractivity contribution in [2.45, 2.75) is 62.9 Å². The molecule has 7 heteroatoms. The van der Waals surface area contributed by atoms with E-state index in [4.69, 9.17) is 16.3 Å². The van der Waals surface area contributed by atoms with Crippen molar-refractivity contribution in [1.82, 2.24) is 4.40 Å². The number of hydrogen-bond donors (Lipinski definition) is 1. The number of rotatable bonds is 6. The summed E-state index contributed by atoms with van der Waals surface area (Å²) in [6.07, 6.45) is 3.39. The average molecular weight is 426 g/mol. The molecule has 158 valence electrons. The van der Waals surface area contributed by atoms with Crippen LogP contribution in [-0.2, 0) is 11.2 Å². The van der Waals surface area contributed by atoms with E-state index in [-0.39, 0.29) is 44.3 Å². The first-order valence-electron chi connectivity index (χ1n) is 10.3. The zero-order valence-corrected chi connectivity index (χ0v) is 17.1. The minimum absolute atomic E-state index is 0.0253. The van der Waals surface area contributed by atoms with Gasteiger partial charge in [0.1, 0.15) is 0 Å². The number of aliphatic hydroxyl groups is 1. The Labute approximate surface area is 173 Å². The minimum atomic E-state index is -2.71. The summed E-state index contributed by atoms with van der Waals surface area (Å²) in [7, 11) is 0. The van der Waals surface area contributed by atoms with Crippen LogP contribution in [0, 0.1) is 5.92 Å². The molecule has 0 aromatic carbocycles. The minimum Gasteiger partial charge on any atom is -0.390 e. The maximum Gasteiger partial charge on any atom is 0.248 e. The number of fused-ring (bicyclic) bond motifs is 1. The van der Waals surface area contributed by atoms with Gasteiger partial charge >= 0.3 is 0 Å². The van der Waals surface area contributed by atoms with E-state index in [1.165, 1.54) is 0 Å². The highest BCUT2D eigenvalue weighted by atomic mass is 35.5. The molecule has 2 aromatic heterocycles.